The van der Waals surface area contributed by atoms with E-state index in [2.05, 4.69) is 10.6 Å². The van der Waals surface area contributed by atoms with E-state index in [0.717, 1.165) is 4.90 Å². The summed E-state index contributed by atoms with van der Waals surface area (Å²) in [7, 11) is 1.44. The van der Waals surface area contributed by atoms with Gasteiger partial charge in [-0.1, -0.05) is 30.3 Å². The minimum Gasteiger partial charge on any atom is -0.493 e. The van der Waals surface area contributed by atoms with E-state index in [1.54, 1.807) is 36.4 Å². The molecule has 0 atom stereocenters. The highest BCUT2D eigenvalue weighted by Crippen LogP contribution is 2.35. The molecule has 1 aliphatic rings. The fourth-order valence-corrected chi connectivity index (χ4v) is 4.29. The van der Waals surface area contributed by atoms with Crippen molar-refractivity contribution in [1.82, 2.24) is 10.2 Å². The summed E-state index contributed by atoms with van der Waals surface area (Å²) >= 11 is 2.02. The van der Waals surface area contributed by atoms with Crippen LogP contribution < -0.4 is 20.1 Å². The molecule has 11 heteroatoms. The second-order valence-electron chi connectivity index (χ2n) is 7.82. The van der Waals surface area contributed by atoms with E-state index in [9.17, 15) is 23.2 Å². The van der Waals surface area contributed by atoms with Crippen molar-refractivity contribution in [3.8, 4) is 11.5 Å². The van der Waals surface area contributed by atoms with Crippen LogP contribution >= 0.6 is 22.6 Å². The Balaban J connectivity index is 1.48. The molecule has 2 N–H and O–H groups in total. The maximum atomic E-state index is 13.9. The van der Waals surface area contributed by atoms with Crippen LogP contribution in [0.3, 0.4) is 0 Å². The van der Waals surface area contributed by atoms with Gasteiger partial charge in [0.15, 0.2) is 11.5 Å². The Labute approximate surface area is 224 Å². The number of amides is 4. The number of anilines is 1. The number of carbonyl (C=O) groups is 3. The van der Waals surface area contributed by atoms with Gasteiger partial charge in [0.05, 0.1) is 16.4 Å². The number of ether oxygens (including phenoxy) is 2. The van der Waals surface area contributed by atoms with E-state index >= 15 is 0 Å². The molecule has 8 nitrogen and oxygen atoms in total. The number of nitrogens with zero attached hydrogens (tertiary/aromatic N) is 1. The normalized spacial score (nSPS) is 14.1. The lowest BCUT2D eigenvalue weighted by molar-refractivity contribution is -0.127. The van der Waals surface area contributed by atoms with Crippen molar-refractivity contribution < 1.29 is 32.6 Å². The van der Waals surface area contributed by atoms with Crippen LogP contribution in [0.15, 0.2) is 66.4 Å². The fourth-order valence-electron chi connectivity index (χ4n) is 3.51. The second kappa shape index (κ2) is 11.4. The predicted molar refractivity (Wildman–Crippen MR) is 140 cm³/mol. The number of methoxy groups -OCH3 is 1. The first-order chi connectivity index (χ1) is 17.8. The zero-order valence-electron chi connectivity index (χ0n) is 19.4. The van der Waals surface area contributed by atoms with Gasteiger partial charge in [-0.25, -0.2) is 18.5 Å². The highest BCUT2D eigenvalue weighted by molar-refractivity contribution is 14.1. The van der Waals surface area contributed by atoms with Crippen molar-refractivity contribution in [3.63, 3.8) is 0 Å². The second-order valence-corrected chi connectivity index (χ2v) is 8.98. The molecule has 0 aliphatic carbocycles. The molecule has 0 radical (unpaired) electrons. The Kier molecular flexibility index (Phi) is 8.01. The molecule has 3 aromatic rings. The summed E-state index contributed by atoms with van der Waals surface area (Å²) in [5, 5.41) is 4.77. The summed E-state index contributed by atoms with van der Waals surface area (Å²) in [5.74, 6) is -1.75. The Hall–Kier alpha value is -4.00. The standard InChI is InChI=1S/C26H20F2IN3O5/c1-36-22-12-15(10-19(29)24(22)37-14-16-6-2-3-7-17(16)27)11-21-25(34)32(26(35)31-21)13-23(33)30-20-9-5-4-8-18(20)28/h2-12H,13-14H2,1H3,(H,30,33)(H,31,35)/b21-11+. The van der Waals surface area contributed by atoms with E-state index in [-0.39, 0.29) is 23.8 Å². The van der Waals surface area contributed by atoms with Gasteiger partial charge in [0.1, 0.15) is 30.5 Å². The van der Waals surface area contributed by atoms with Crippen LogP contribution in [0.25, 0.3) is 6.08 Å². The van der Waals surface area contributed by atoms with Crippen molar-refractivity contribution in [2.45, 2.75) is 6.61 Å². The summed E-state index contributed by atoms with van der Waals surface area (Å²) in [6, 6.07) is 14.3. The first kappa shape index (κ1) is 26.1. The topological polar surface area (TPSA) is 97.0 Å². The third kappa shape index (κ3) is 6.05. The number of carbonyl (C=O) groups excluding carboxylic acids is 3. The summed E-state index contributed by atoms with van der Waals surface area (Å²) in [6.45, 7) is -0.613. The number of nitrogens with one attached hydrogen (secondary N) is 2. The minimum absolute atomic E-state index is 0.0160. The van der Waals surface area contributed by atoms with Crippen LogP contribution in [-0.2, 0) is 16.2 Å². The number of para-hydroxylation sites is 1. The molecular weight excluding hydrogens is 599 g/mol. The molecule has 3 aromatic carbocycles. The molecular formula is C26H20F2IN3O5. The highest BCUT2D eigenvalue weighted by Gasteiger charge is 2.35. The zero-order chi connectivity index (χ0) is 26.5. The van der Waals surface area contributed by atoms with Gasteiger partial charge in [-0.15, -0.1) is 0 Å². The minimum atomic E-state index is -0.786. The SMILES string of the molecule is COc1cc(/C=C2/NC(=O)N(CC(=O)Nc3ccccc3F)C2=O)cc(I)c1OCc1ccccc1F. The van der Waals surface area contributed by atoms with Crippen LogP contribution in [0.5, 0.6) is 11.5 Å². The first-order valence-corrected chi connectivity index (χ1v) is 12.0. The van der Waals surface area contributed by atoms with Crippen LogP contribution in [-0.4, -0.2) is 36.4 Å². The number of imide groups is 1. The Bertz CT molecular complexity index is 1410. The van der Waals surface area contributed by atoms with Gasteiger partial charge in [-0.05, 0) is 64.6 Å². The third-order valence-electron chi connectivity index (χ3n) is 5.30. The van der Waals surface area contributed by atoms with Crippen LogP contribution in [0.2, 0.25) is 0 Å². The highest BCUT2D eigenvalue weighted by atomic mass is 127. The number of hydrogen-bond donors (Lipinski definition) is 2. The lowest BCUT2D eigenvalue weighted by Crippen LogP contribution is -2.38. The molecule has 4 amide bonds. The summed E-state index contributed by atoms with van der Waals surface area (Å²) in [5.41, 5.74) is 0.779. The summed E-state index contributed by atoms with van der Waals surface area (Å²) < 4.78 is 39.6. The average molecular weight is 619 g/mol. The van der Waals surface area contributed by atoms with Crippen molar-refractivity contribution in [2.24, 2.45) is 0 Å². The van der Waals surface area contributed by atoms with Gasteiger partial charge < -0.3 is 20.1 Å². The van der Waals surface area contributed by atoms with Crippen LogP contribution in [0, 0.1) is 15.2 Å². The fraction of sp³-hybridized carbons (Fsp3) is 0.115. The Morgan fingerprint density at radius 3 is 2.49 bits per heavy atom. The number of urea groups is 1. The molecule has 0 bridgehead atoms. The molecule has 1 aliphatic heterocycles. The Morgan fingerprint density at radius 1 is 1.08 bits per heavy atom. The molecule has 1 saturated heterocycles. The van der Waals surface area contributed by atoms with Crippen molar-refractivity contribution in [3.05, 3.63) is 92.7 Å². The van der Waals surface area contributed by atoms with E-state index < -0.39 is 30.2 Å². The molecule has 1 heterocycles. The van der Waals surface area contributed by atoms with E-state index in [1.165, 1.54) is 37.5 Å². The van der Waals surface area contributed by atoms with Crippen molar-refractivity contribution >= 4 is 52.2 Å². The van der Waals surface area contributed by atoms with E-state index in [4.69, 9.17) is 9.47 Å². The number of hydrogen-bond acceptors (Lipinski definition) is 5. The maximum Gasteiger partial charge on any atom is 0.329 e. The molecule has 1 fully saturated rings. The lowest BCUT2D eigenvalue weighted by Gasteiger charge is -2.14. The van der Waals surface area contributed by atoms with Crippen molar-refractivity contribution in [2.75, 3.05) is 19.0 Å². The zero-order valence-corrected chi connectivity index (χ0v) is 21.5. The number of rotatable bonds is 8. The van der Waals surface area contributed by atoms with Gasteiger partial charge in [-0.2, -0.15) is 0 Å². The monoisotopic (exact) mass is 619 g/mol. The molecule has 0 aromatic heterocycles. The molecule has 0 spiro atoms. The molecule has 190 valence electrons. The molecule has 0 saturated carbocycles. The largest absolute Gasteiger partial charge is 0.493 e. The summed E-state index contributed by atoms with van der Waals surface area (Å²) in [4.78, 5) is 38.2. The van der Waals surface area contributed by atoms with E-state index in [0.29, 0.717) is 26.2 Å². The van der Waals surface area contributed by atoms with Gasteiger partial charge in [0.25, 0.3) is 5.91 Å². The smallest absolute Gasteiger partial charge is 0.329 e. The number of halogens is 3. The summed E-state index contributed by atoms with van der Waals surface area (Å²) in [6.07, 6.45) is 1.43. The molecule has 0 unspecified atom stereocenters. The van der Waals surface area contributed by atoms with Gasteiger partial charge >= 0.3 is 6.03 Å². The lowest BCUT2D eigenvalue weighted by atomic mass is 10.1. The third-order valence-corrected chi connectivity index (χ3v) is 6.11. The Morgan fingerprint density at radius 2 is 1.78 bits per heavy atom. The molecule has 4 rings (SSSR count). The van der Waals surface area contributed by atoms with Gasteiger partial charge in [-0.3, -0.25) is 9.59 Å². The molecule has 37 heavy (non-hydrogen) atoms. The van der Waals surface area contributed by atoms with Crippen LogP contribution in [0.4, 0.5) is 19.3 Å². The predicted octanol–water partition coefficient (Wildman–Crippen LogP) is 4.69. The van der Waals surface area contributed by atoms with E-state index in [1.807, 2.05) is 22.6 Å². The van der Waals surface area contributed by atoms with Crippen LogP contribution in [0.1, 0.15) is 11.1 Å². The maximum absolute atomic E-state index is 13.9. The quantitative estimate of drug-likeness (QED) is 0.217. The van der Waals surface area contributed by atoms with Crippen molar-refractivity contribution in [1.29, 1.82) is 0 Å². The van der Waals surface area contributed by atoms with Gasteiger partial charge in [0.2, 0.25) is 5.91 Å². The average Bonchev–Trinajstić information content (AvgIpc) is 3.12. The first-order valence-electron chi connectivity index (χ1n) is 10.9. The number of benzene rings is 3. The van der Waals surface area contributed by atoms with Gasteiger partial charge in [0, 0.05) is 5.56 Å².